The highest BCUT2D eigenvalue weighted by Crippen LogP contribution is 2.03. The quantitative estimate of drug-likeness (QED) is 0.684. The third-order valence-electron chi connectivity index (χ3n) is 2.35. The highest BCUT2D eigenvalue weighted by Gasteiger charge is 2.03. The highest BCUT2D eigenvalue weighted by molar-refractivity contribution is 5.00. The summed E-state index contributed by atoms with van der Waals surface area (Å²) in [6.07, 6.45) is 2.92. The molecule has 1 rings (SSSR count). The van der Waals surface area contributed by atoms with Gasteiger partial charge in [-0.05, 0) is 24.9 Å². The number of rotatable bonds is 8. The predicted molar refractivity (Wildman–Crippen MR) is 65.3 cm³/mol. The van der Waals surface area contributed by atoms with E-state index in [2.05, 4.69) is 35.0 Å². The van der Waals surface area contributed by atoms with Gasteiger partial charge in [-0.15, -0.1) is 0 Å². The van der Waals surface area contributed by atoms with Crippen molar-refractivity contribution in [1.29, 1.82) is 0 Å². The van der Waals surface area contributed by atoms with Crippen LogP contribution in [0.3, 0.4) is 0 Å². The summed E-state index contributed by atoms with van der Waals surface area (Å²) in [6.45, 7) is 8.09. The molecule has 0 aliphatic carbocycles. The fourth-order valence-electron chi connectivity index (χ4n) is 1.58. The lowest BCUT2D eigenvalue weighted by molar-refractivity contribution is 0.194. The Hall–Kier alpha value is -0.870. The van der Waals surface area contributed by atoms with Crippen molar-refractivity contribution in [2.24, 2.45) is 5.92 Å². The summed E-state index contributed by atoms with van der Waals surface area (Å²) in [5.74, 6) is 0.632. The molecule has 1 heterocycles. The minimum Gasteiger partial charge on any atom is -0.385 e. The van der Waals surface area contributed by atoms with Crippen LogP contribution in [0, 0.1) is 5.92 Å². The number of nitrogens with zero attached hydrogens (tertiary/aromatic N) is 2. The summed E-state index contributed by atoms with van der Waals surface area (Å²) in [7, 11) is 1.73. The van der Waals surface area contributed by atoms with E-state index in [9.17, 15) is 0 Å². The average molecular weight is 225 g/mol. The molecule has 4 heteroatoms. The molecule has 0 fully saturated rings. The highest BCUT2D eigenvalue weighted by atomic mass is 16.5. The second kappa shape index (κ2) is 7.41. The van der Waals surface area contributed by atoms with E-state index in [1.807, 2.05) is 6.20 Å². The average Bonchev–Trinajstić information content (AvgIpc) is 2.64. The third kappa shape index (κ3) is 4.77. The van der Waals surface area contributed by atoms with Crippen LogP contribution in [0.4, 0.5) is 0 Å². The van der Waals surface area contributed by atoms with Gasteiger partial charge in [0.15, 0.2) is 0 Å². The van der Waals surface area contributed by atoms with Crippen LogP contribution in [0.25, 0.3) is 0 Å². The minimum absolute atomic E-state index is 0.632. The number of ether oxygens (including phenoxy) is 1. The molecule has 0 spiro atoms. The Labute approximate surface area is 98.0 Å². The number of hydrogen-bond donors (Lipinski definition) is 1. The van der Waals surface area contributed by atoms with Gasteiger partial charge in [0.25, 0.3) is 0 Å². The zero-order valence-corrected chi connectivity index (χ0v) is 10.6. The van der Waals surface area contributed by atoms with E-state index in [4.69, 9.17) is 4.74 Å². The molecule has 0 saturated carbocycles. The van der Waals surface area contributed by atoms with Crippen LogP contribution in [-0.4, -0.2) is 30.0 Å². The molecule has 1 N–H and O–H groups in total. The van der Waals surface area contributed by atoms with Crippen molar-refractivity contribution in [3.8, 4) is 0 Å². The maximum Gasteiger partial charge on any atom is 0.0522 e. The van der Waals surface area contributed by atoms with Gasteiger partial charge in [0, 0.05) is 33.0 Å². The number of hydrogen-bond acceptors (Lipinski definition) is 3. The van der Waals surface area contributed by atoms with E-state index < -0.39 is 0 Å². The first-order valence-corrected chi connectivity index (χ1v) is 5.94. The summed E-state index contributed by atoms with van der Waals surface area (Å²) in [5.41, 5.74) is 1.26. The molecule has 0 atom stereocenters. The zero-order chi connectivity index (χ0) is 11.8. The van der Waals surface area contributed by atoms with Crippen LogP contribution in [0.5, 0.6) is 0 Å². The molecule has 0 aliphatic heterocycles. The van der Waals surface area contributed by atoms with Crippen molar-refractivity contribution in [3.05, 3.63) is 18.0 Å². The maximum atomic E-state index is 5.00. The summed E-state index contributed by atoms with van der Waals surface area (Å²) >= 11 is 0. The lowest BCUT2D eigenvalue weighted by Crippen LogP contribution is -2.19. The van der Waals surface area contributed by atoms with Crippen molar-refractivity contribution in [3.63, 3.8) is 0 Å². The van der Waals surface area contributed by atoms with Crippen molar-refractivity contribution in [1.82, 2.24) is 15.1 Å². The smallest absolute Gasteiger partial charge is 0.0522 e. The van der Waals surface area contributed by atoms with Crippen molar-refractivity contribution < 1.29 is 4.74 Å². The van der Waals surface area contributed by atoms with E-state index in [-0.39, 0.29) is 0 Å². The molecule has 0 saturated heterocycles. The van der Waals surface area contributed by atoms with Gasteiger partial charge < -0.3 is 10.1 Å². The molecule has 0 aromatic carbocycles. The predicted octanol–water partition coefficient (Wildman–Crippen LogP) is 1.67. The Morgan fingerprint density at radius 1 is 1.50 bits per heavy atom. The van der Waals surface area contributed by atoms with E-state index in [1.54, 1.807) is 7.11 Å². The Morgan fingerprint density at radius 2 is 2.31 bits per heavy atom. The van der Waals surface area contributed by atoms with Crippen LogP contribution >= 0.6 is 0 Å². The van der Waals surface area contributed by atoms with Gasteiger partial charge in [-0.25, -0.2) is 0 Å². The lowest BCUT2D eigenvalue weighted by Gasteiger charge is -2.10. The van der Waals surface area contributed by atoms with Crippen LogP contribution < -0.4 is 5.32 Å². The van der Waals surface area contributed by atoms with E-state index >= 15 is 0 Å². The Morgan fingerprint density at radius 3 is 3.00 bits per heavy atom. The normalized spacial score (nSPS) is 11.2. The zero-order valence-electron chi connectivity index (χ0n) is 10.6. The van der Waals surface area contributed by atoms with Gasteiger partial charge in [-0.2, -0.15) is 5.10 Å². The molecule has 0 bridgehead atoms. The molecule has 0 aliphatic rings. The minimum atomic E-state index is 0.632. The largest absolute Gasteiger partial charge is 0.385 e. The lowest BCUT2D eigenvalue weighted by atomic mass is 10.2. The maximum absolute atomic E-state index is 5.00. The Bertz CT molecular complexity index is 284. The molecular formula is C12H23N3O. The van der Waals surface area contributed by atoms with E-state index in [1.165, 1.54) is 5.69 Å². The summed E-state index contributed by atoms with van der Waals surface area (Å²) in [4.78, 5) is 0. The van der Waals surface area contributed by atoms with Crippen molar-refractivity contribution in [2.75, 3.05) is 20.3 Å². The number of methoxy groups -OCH3 is 1. The Kier molecular flexibility index (Phi) is 6.11. The monoisotopic (exact) mass is 225 g/mol. The molecule has 16 heavy (non-hydrogen) atoms. The fraction of sp³-hybridized carbons (Fsp3) is 0.750. The van der Waals surface area contributed by atoms with Crippen molar-refractivity contribution >= 4 is 0 Å². The molecule has 1 aromatic heterocycles. The third-order valence-corrected chi connectivity index (χ3v) is 2.35. The first kappa shape index (κ1) is 13.2. The molecule has 1 aromatic rings. The van der Waals surface area contributed by atoms with Gasteiger partial charge in [-0.1, -0.05) is 13.8 Å². The van der Waals surface area contributed by atoms with Crippen LogP contribution in [0.15, 0.2) is 12.3 Å². The van der Waals surface area contributed by atoms with Gasteiger partial charge in [-0.3, -0.25) is 4.68 Å². The molecule has 0 amide bonds. The number of nitrogens with one attached hydrogen (secondary N) is 1. The molecule has 0 unspecified atom stereocenters. The van der Waals surface area contributed by atoms with Gasteiger partial charge in [0.2, 0.25) is 0 Å². The second-order valence-electron chi connectivity index (χ2n) is 4.42. The fourth-order valence-corrected chi connectivity index (χ4v) is 1.58. The second-order valence-corrected chi connectivity index (χ2v) is 4.42. The first-order valence-electron chi connectivity index (χ1n) is 5.94. The van der Waals surface area contributed by atoms with Gasteiger partial charge >= 0.3 is 0 Å². The van der Waals surface area contributed by atoms with Crippen LogP contribution in [0.2, 0.25) is 0 Å². The van der Waals surface area contributed by atoms with Crippen molar-refractivity contribution in [2.45, 2.75) is 33.4 Å². The van der Waals surface area contributed by atoms with Gasteiger partial charge in [0.05, 0.1) is 5.69 Å². The SMILES string of the molecule is COCCCNCc1ccnn1CC(C)C. The molecule has 0 radical (unpaired) electrons. The first-order chi connectivity index (χ1) is 7.74. The summed E-state index contributed by atoms with van der Waals surface area (Å²) in [5, 5.41) is 7.72. The molecule has 92 valence electrons. The topological polar surface area (TPSA) is 39.1 Å². The van der Waals surface area contributed by atoms with Crippen LogP contribution in [-0.2, 0) is 17.8 Å². The van der Waals surface area contributed by atoms with Crippen LogP contribution in [0.1, 0.15) is 26.0 Å². The summed E-state index contributed by atoms with van der Waals surface area (Å²) in [6, 6.07) is 2.08. The Balaban J connectivity index is 2.27. The van der Waals surface area contributed by atoms with E-state index in [0.29, 0.717) is 5.92 Å². The molecule has 4 nitrogen and oxygen atoms in total. The standard InChI is InChI=1S/C12H23N3O/c1-11(2)10-15-12(5-7-14-15)9-13-6-4-8-16-3/h5,7,11,13H,4,6,8-10H2,1-3H3. The van der Waals surface area contributed by atoms with E-state index in [0.717, 1.165) is 32.7 Å². The molecular weight excluding hydrogens is 202 g/mol. The van der Waals surface area contributed by atoms with Gasteiger partial charge in [0.1, 0.15) is 0 Å². The number of aromatic nitrogens is 2. The summed E-state index contributed by atoms with van der Waals surface area (Å²) < 4.78 is 7.08.